The highest BCUT2D eigenvalue weighted by atomic mass is 35.5. The fourth-order valence-corrected chi connectivity index (χ4v) is 4.49. The Balaban J connectivity index is 1.58. The number of carbonyl (C=O) groups is 1. The van der Waals surface area contributed by atoms with Crippen LogP contribution in [0, 0.1) is 6.92 Å². The highest BCUT2D eigenvalue weighted by Gasteiger charge is 2.62. The Morgan fingerprint density at radius 1 is 1.15 bits per heavy atom. The van der Waals surface area contributed by atoms with Crippen LogP contribution in [-0.2, 0) is 23.2 Å². The molecule has 0 radical (unpaired) electrons. The topological polar surface area (TPSA) is 81.4 Å². The molecule has 0 aliphatic carbocycles. The number of oxime groups is 1. The summed E-state index contributed by atoms with van der Waals surface area (Å²) in [6, 6.07) is 7.49. The van der Waals surface area contributed by atoms with Crippen molar-refractivity contribution in [3.63, 3.8) is 0 Å². The smallest absolute Gasteiger partial charge is 0.374 e. The van der Waals surface area contributed by atoms with E-state index in [0.29, 0.717) is 10.2 Å². The second-order valence-corrected chi connectivity index (χ2v) is 9.37. The zero-order chi connectivity index (χ0) is 28.8. The maximum absolute atomic E-state index is 14.2. The van der Waals surface area contributed by atoms with Crippen LogP contribution < -0.4 is 5.32 Å². The second kappa shape index (κ2) is 10.2. The van der Waals surface area contributed by atoms with Crippen molar-refractivity contribution in [3.8, 4) is 0 Å². The van der Waals surface area contributed by atoms with Crippen LogP contribution in [0.1, 0.15) is 39.3 Å². The predicted octanol–water partition coefficient (Wildman–Crippen LogP) is 6.93. The molecule has 1 aliphatic rings. The largest absolute Gasteiger partial charge is 0.451 e. The van der Waals surface area contributed by atoms with Crippen LogP contribution in [0.4, 0.5) is 32.3 Å². The molecule has 4 rings (SSSR count). The van der Waals surface area contributed by atoms with Crippen molar-refractivity contribution >= 4 is 40.8 Å². The first kappa shape index (κ1) is 28.4. The molecule has 0 spiro atoms. The molecule has 15 heteroatoms. The minimum Gasteiger partial charge on any atom is -0.374 e. The summed E-state index contributed by atoms with van der Waals surface area (Å²) in [7, 11) is 0. The van der Waals surface area contributed by atoms with Gasteiger partial charge in [0.1, 0.15) is 0 Å². The van der Waals surface area contributed by atoms with Gasteiger partial charge >= 0.3 is 12.4 Å². The molecule has 1 N–H and O–H groups in total. The maximum Gasteiger partial charge on any atom is 0.451 e. The van der Waals surface area contributed by atoms with Gasteiger partial charge in [-0.3, -0.25) is 10.1 Å². The summed E-state index contributed by atoms with van der Waals surface area (Å²) in [6.07, 6.45) is -9.23. The maximum atomic E-state index is 14.2. The van der Waals surface area contributed by atoms with Crippen LogP contribution >= 0.6 is 23.2 Å². The first-order valence-electron chi connectivity index (χ1n) is 11.0. The SMILES string of the molecule is C=CCn1nc(NC(=O)c2ccc(C3=NOC(c4cc(Cl)cc(Cl)c4)(C(F)(F)F)C3)cc2C)nc1C(F)(F)F. The Labute approximate surface area is 227 Å². The van der Waals surface area contributed by atoms with Gasteiger partial charge in [-0.2, -0.15) is 31.3 Å². The zero-order valence-corrected chi connectivity index (χ0v) is 21.3. The molecule has 1 aliphatic heterocycles. The van der Waals surface area contributed by atoms with E-state index in [4.69, 9.17) is 28.0 Å². The van der Waals surface area contributed by atoms with Gasteiger partial charge in [0.05, 0.1) is 12.3 Å². The fourth-order valence-electron chi connectivity index (χ4n) is 3.97. The number of nitrogens with one attached hydrogen (secondary N) is 1. The fraction of sp³-hybridized carbons (Fsp3) is 0.250. The Hall–Kier alpha value is -3.58. The monoisotopic (exact) mass is 591 g/mol. The van der Waals surface area contributed by atoms with E-state index in [2.05, 4.69) is 27.1 Å². The van der Waals surface area contributed by atoms with E-state index in [1.54, 1.807) is 0 Å². The van der Waals surface area contributed by atoms with Crippen LogP contribution in [0.5, 0.6) is 0 Å². The lowest BCUT2D eigenvalue weighted by atomic mass is 9.86. The number of anilines is 1. The molecule has 2 aromatic carbocycles. The lowest BCUT2D eigenvalue weighted by Gasteiger charge is -2.29. The summed E-state index contributed by atoms with van der Waals surface area (Å²) in [4.78, 5) is 21.1. The van der Waals surface area contributed by atoms with Gasteiger partial charge in [0.15, 0.2) is 0 Å². The average Bonchev–Trinajstić information content (AvgIpc) is 3.44. The summed E-state index contributed by atoms with van der Waals surface area (Å²) >= 11 is 11.8. The number of nitrogens with zero attached hydrogens (tertiary/aromatic N) is 4. The van der Waals surface area contributed by atoms with E-state index in [-0.39, 0.29) is 39.0 Å². The number of aromatic nitrogens is 3. The number of benzene rings is 2. The Morgan fingerprint density at radius 2 is 1.82 bits per heavy atom. The van der Waals surface area contributed by atoms with Crippen LogP contribution in [-0.4, -0.2) is 32.6 Å². The second-order valence-electron chi connectivity index (χ2n) is 8.50. The molecule has 1 amide bonds. The number of amides is 1. The van der Waals surface area contributed by atoms with Gasteiger partial charge in [0, 0.05) is 27.6 Å². The standard InChI is InChI=1S/C24H17Cl2F6N5O2/c1-3-6-37-20(23(27,28)29)34-21(35-37)33-19(38)17-5-4-13(7-12(17)2)18-11-22(39-36-18,24(30,31)32)14-8-15(25)10-16(26)9-14/h3-5,7-10H,1,6,11H2,2H3,(H,33,35,38). The number of alkyl halides is 6. The molecular weight excluding hydrogens is 575 g/mol. The summed E-state index contributed by atoms with van der Waals surface area (Å²) < 4.78 is 82.9. The van der Waals surface area contributed by atoms with Crippen LogP contribution in [0.3, 0.4) is 0 Å². The molecule has 7 nitrogen and oxygen atoms in total. The van der Waals surface area contributed by atoms with Crippen molar-refractivity contribution < 1.29 is 36.0 Å². The Bertz CT molecular complexity index is 1460. The normalized spacial score (nSPS) is 17.5. The van der Waals surface area contributed by atoms with Gasteiger partial charge in [-0.15, -0.1) is 11.7 Å². The number of rotatable bonds is 6. The number of aryl methyl sites for hydroxylation is 1. The summed E-state index contributed by atoms with van der Waals surface area (Å²) in [5.41, 5.74) is -2.68. The number of carbonyl (C=O) groups excluding carboxylic acids is 1. The molecule has 1 atom stereocenters. The lowest BCUT2D eigenvalue weighted by Crippen LogP contribution is -2.42. The number of halogens is 8. The average molecular weight is 592 g/mol. The Morgan fingerprint density at radius 3 is 2.38 bits per heavy atom. The molecule has 39 heavy (non-hydrogen) atoms. The van der Waals surface area contributed by atoms with E-state index in [0.717, 1.165) is 12.1 Å². The van der Waals surface area contributed by atoms with E-state index < -0.39 is 42.1 Å². The molecule has 0 bridgehead atoms. The molecule has 3 aromatic rings. The number of hydrogen-bond donors (Lipinski definition) is 1. The highest BCUT2D eigenvalue weighted by Crippen LogP contribution is 2.49. The molecule has 206 valence electrons. The minimum atomic E-state index is -4.89. The first-order chi connectivity index (χ1) is 18.1. The van der Waals surface area contributed by atoms with Crippen molar-refractivity contribution in [1.82, 2.24) is 14.8 Å². The third-order valence-corrected chi connectivity index (χ3v) is 6.21. The summed E-state index contributed by atoms with van der Waals surface area (Å²) in [5, 5.41) is 9.48. The predicted molar refractivity (Wildman–Crippen MR) is 131 cm³/mol. The van der Waals surface area contributed by atoms with Crippen molar-refractivity contribution in [2.45, 2.75) is 37.8 Å². The summed E-state index contributed by atoms with van der Waals surface area (Å²) in [5.74, 6) is -2.73. The van der Waals surface area contributed by atoms with Crippen LogP contribution in [0.25, 0.3) is 0 Å². The van der Waals surface area contributed by atoms with Gasteiger partial charge in [0.25, 0.3) is 11.5 Å². The van der Waals surface area contributed by atoms with Crippen LogP contribution in [0.2, 0.25) is 10.0 Å². The molecule has 1 unspecified atom stereocenters. The van der Waals surface area contributed by atoms with Gasteiger partial charge in [-0.1, -0.05) is 40.5 Å². The highest BCUT2D eigenvalue weighted by molar-refractivity contribution is 6.34. The van der Waals surface area contributed by atoms with Gasteiger partial charge in [-0.25, -0.2) is 4.68 Å². The number of allylic oxidation sites excluding steroid dienone is 1. The van der Waals surface area contributed by atoms with Gasteiger partial charge in [-0.05, 0) is 48.4 Å². The van der Waals surface area contributed by atoms with Crippen molar-refractivity contribution in [3.05, 3.63) is 87.2 Å². The molecule has 0 fully saturated rings. The van der Waals surface area contributed by atoms with Crippen molar-refractivity contribution in [1.29, 1.82) is 0 Å². The quantitative estimate of drug-likeness (QED) is 0.249. The third kappa shape index (κ3) is 5.59. The molecule has 0 saturated heterocycles. The Kier molecular flexibility index (Phi) is 7.43. The third-order valence-electron chi connectivity index (χ3n) is 5.77. The van der Waals surface area contributed by atoms with Crippen LogP contribution in [0.15, 0.2) is 54.2 Å². The molecule has 1 aromatic heterocycles. The zero-order valence-electron chi connectivity index (χ0n) is 19.8. The van der Waals surface area contributed by atoms with E-state index in [1.165, 1.54) is 37.3 Å². The van der Waals surface area contributed by atoms with E-state index in [1.807, 2.05) is 0 Å². The van der Waals surface area contributed by atoms with Crippen molar-refractivity contribution in [2.75, 3.05) is 5.32 Å². The van der Waals surface area contributed by atoms with Crippen molar-refractivity contribution in [2.24, 2.45) is 5.16 Å². The molecule has 2 heterocycles. The molecular formula is C24H17Cl2F6N5O2. The van der Waals surface area contributed by atoms with Gasteiger partial charge < -0.3 is 4.84 Å². The number of hydrogen-bond acceptors (Lipinski definition) is 5. The van der Waals surface area contributed by atoms with E-state index in [9.17, 15) is 31.1 Å². The summed E-state index contributed by atoms with van der Waals surface area (Å²) in [6.45, 7) is 4.56. The van der Waals surface area contributed by atoms with Gasteiger partial charge in [0.2, 0.25) is 11.8 Å². The molecule has 0 saturated carbocycles. The van der Waals surface area contributed by atoms with E-state index >= 15 is 0 Å². The first-order valence-corrected chi connectivity index (χ1v) is 11.7. The lowest BCUT2D eigenvalue weighted by molar-refractivity contribution is -0.275. The minimum absolute atomic E-state index is 0.0180.